The molecular formula is C8H6OWY-2. The van der Waals surface area contributed by atoms with Gasteiger partial charge in [0.25, 0.3) is 0 Å². The molecule has 0 aliphatic heterocycles. The van der Waals surface area contributed by atoms with Gasteiger partial charge >= 0.3 is 0 Å². The molecule has 1 radical (unpaired) electrons. The monoisotopic (exact) mass is 391 g/mol. The van der Waals surface area contributed by atoms with E-state index in [1.54, 1.807) is 12.1 Å². The summed E-state index contributed by atoms with van der Waals surface area (Å²) in [6.07, 6.45) is 1.81. The molecule has 0 saturated heterocycles. The van der Waals surface area contributed by atoms with E-state index in [-0.39, 0.29) is 53.8 Å². The van der Waals surface area contributed by atoms with Crippen LogP contribution in [-0.2, 0) is 58.6 Å². The van der Waals surface area contributed by atoms with Gasteiger partial charge in [0, 0.05) is 53.8 Å². The fourth-order valence-corrected chi connectivity index (χ4v) is 0.618. The first kappa shape index (κ1) is 14.2. The Morgan fingerprint density at radius 1 is 1.55 bits per heavy atom. The minimum absolute atomic E-state index is 0. The van der Waals surface area contributed by atoms with E-state index in [1.807, 2.05) is 19.3 Å². The Balaban J connectivity index is 0. The summed E-state index contributed by atoms with van der Waals surface area (Å²) in [6.45, 7) is 1.87. The van der Waals surface area contributed by atoms with Crippen LogP contribution in [0.5, 0.6) is 0 Å². The summed E-state index contributed by atoms with van der Waals surface area (Å²) in [6, 6.07) is 8.03. The van der Waals surface area contributed by atoms with Gasteiger partial charge in [0.1, 0.15) is 0 Å². The molecule has 11 heavy (non-hydrogen) atoms. The number of benzene rings is 1. The molecule has 1 nitrogen and oxygen atoms in total. The molecule has 0 amide bonds. The Bertz CT molecular complexity index is 225. The van der Waals surface area contributed by atoms with Crippen molar-refractivity contribution in [3.63, 3.8) is 0 Å². The quantitative estimate of drug-likeness (QED) is 0.660. The van der Waals surface area contributed by atoms with Crippen molar-refractivity contribution in [2.75, 3.05) is 0 Å². The molecular weight excluding hydrogens is 385 g/mol. The van der Waals surface area contributed by atoms with Crippen molar-refractivity contribution in [2.45, 2.75) is 6.92 Å². The summed E-state index contributed by atoms with van der Waals surface area (Å²) in [5.74, 6) is 0. The molecule has 0 unspecified atom stereocenters. The number of rotatable bonds is 1. The zero-order valence-corrected chi connectivity index (χ0v) is 11.9. The third kappa shape index (κ3) is 4.30. The molecule has 0 fully saturated rings. The molecule has 1 aromatic rings. The average molecular weight is 391 g/mol. The molecule has 3 heteroatoms. The maximum atomic E-state index is 10.1. The Hall–Kier alpha value is 0.682. The Kier molecular flexibility index (Phi) is 9.49. The van der Waals surface area contributed by atoms with E-state index in [2.05, 4.69) is 6.07 Å². The normalized spacial score (nSPS) is 7.36. The van der Waals surface area contributed by atoms with Crippen LogP contribution in [0.25, 0.3) is 0 Å². The van der Waals surface area contributed by atoms with Crippen LogP contribution in [0.15, 0.2) is 18.2 Å². The van der Waals surface area contributed by atoms with E-state index >= 15 is 0 Å². The SMILES string of the molecule is Cc1cc[c-]cc1[C-]=O.[W].[Y]. The van der Waals surface area contributed by atoms with E-state index in [4.69, 9.17) is 0 Å². The molecule has 55 valence electrons. The van der Waals surface area contributed by atoms with Gasteiger partial charge in [0.15, 0.2) is 0 Å². The topological polar surface area (TPSA) is 17.1 Å². The maximum Gasteiger partial charge on any atom is 0 e. The van der Waals surface area contributed by atoms with Gasteiger partial charge in [-0.25, -0.2) is 12.1 Å². The summed E-state index contributed by atoms with van der Waals surface area (Å²) < 4.78 is 0. The second kappa shape index (κ2) is 7.34. The molecule has 1 aromatic carbocycles. The molecule has 0 atom stereocenters. The van der Waals surface area contributed by atoms with Crippen molar-refractivity contribution in [1.82, 2.24) is 0 Å². The minimum atomic E-state index is 0. The molecule has 0 aliphatic rings. The molecule has 1 rings (SSSR count). The van der Waals surface area contributed by atoms with Crippen LogP contribution >= 0.6 is 0 Å². The maximum absolute atomic E-state index is 10.1. The first-order chi connectivity index (χ1) is 4.34. The molecule has 0 bridgehead atoms. The van der Waals surface area contributed by atoms with Crippen LogP contribution < -0.4 is 0 Å². The summed E-state index contributed by atoms with van der Waals surface area (Å²) in [5.41, 5.74) is 1.54. The number of hydrogen-bond acceptors (Lipinski definition) is 1. The zero-order chi connectivity index (χ0) is 6.69. The van der Waals surface area contributed by atoms with Crippen LogP contribution in [-0.4, -0.2) is 6.29 Å². The predicted octanol–water partition coefficient (Wildman–Crippen LogP) is 1.25. The molecule has 0 saturated carbocycles. The predicted molar refractivity (Wildman–Crippen MR) is 34.8 cm³/mol. The van der Waals surface area contributed by atoms with Crippen molar-refractivity contribution in [3.8, 4) is 0 Å². The van der Waals surface area contributed by atoms with Crippen LogP contribution in [0.3, 0.4) is 0 Å². The summed E-state index contributed by atoms with van der Waals surface area (Å²) in [7, 11) is 0. The molecule has 0 heterocycles. The number of carbonyl (C=O) groups excluding carboxylic acids is 1. The van der Waals surface area contributed by atoms with Crippen molar-refractivity contribution in [3.05, 3.63) is 35.4 Å². The van der Waals surface area contributed by atoms with E-state index in [0.717, 1.165) is 5.56 Å². The first-order valence-electron chi connectivity index (χ1n) is 2.69. The summed E-state index contributed by atoms with van der Waals surface area (Å²) in [5, 5.41) is 0. The number of hydrogen-bond donors (Lipinski definition) is 0. The Morgan fingerprint density at radius 3 is 2.55 bits per heavy atom. The summed E-state index contributed by atoms with van der Waals surface area (Å²) >= 11 is 0. The molecule has 0 aliphatic carbocycles. The van der Waals surface area contributed by atoms with Gasteiger partial charge in [-0.3, -0.25) is 23.3 Å². The molecule has 0 N–H and O–H groups in total. The fourth-order valence-electron chi connectivity index (χ4n) is 0.618. The van der Waals surface area contributed by atoms with E-state index < -0.39 is 0 Å². The molecule has 0 spiro atoms. The van der Waals surface area contributed by atoms with Crippen LogP contribution in [0, 0.1) is 13.0 Å². The van der Waals surface area contributed by atoms with Gasteiger partial charge in [-0.1, -0.05) is 0 Å². The van der Waals surface area contributed by atoms with Gasteiger partial charge in [-0.2, -0.15) is 0 Å². The Morgan fingerprint density at radius 2 is 2.18 bits per heavy atom. The average Bonchev–Trinajstić information content (AvgIpc) is 1.89. The second-order valence-corrected chi connectivity index (χ2v) is 1.84. The second-order valence-electron chi connectivity index (χ2n) is 1.84. The van der Waals surface area contributed by atoms with Gasteiger partial charge in [-0.05, 0) is 6.29 Å². The van der Waals surface area contributed by atoms with Crippen LogP contribution in [0.1, 0.15) is 11.1 Å². The van der Waals surface area contributed by atoms with E-state index in [9.17, 15) is 4.79 Å². The smallest absolute Gasteiger partial charge is 0 e. The molecule has 0 aromatic heterocycles. The summed E-state index contributed by atoms with van der Waals surface area (Å²) in [4.78, 5) is 10.1. The van der Waals surface area contributed by atoms with Crippen molar-refractivity contribution in [2.24, 2.45) is 0 Å². The number of aryl methyl sites for hydroxylation is 1. The van der Waals surface area contributed by atoms with Crippen LogP contribution in [0.4, 0.5) is 0 Å². The largest absolute Gasteiger partial charge is 0.391 e. The van der Waals surface area contributed by atoms with E-state index in [0.29, 0.717) is 5.56 Å². The third-order valence-corrected chi connectivity index (χ3v) is 1.19. The van der Waals surface area contributed by atoms with Crippen molar-refractivity contribution in [1.29, 1.82) is 0 Å². The van der Waals surface area contributed by atoms with Gasteiger partial charge < -0.3 is 4.79 Å². The van der Waals surface area contributed by atoms with E-state index in [1.165, 1.54) is 0 Å². The third-order valence-electron chi connectivity index (χ3n) is 1.19. The minimum Gasteiger partial charge on any atom is -0.391 e. The van der Waals surface area contributed by atoms with Crippen molar-refractivity contribution < 1.29 is 58.6 Å². The Labute approximate surface area is 106 Å². The van der Waals surface area contributed by atoms with Gasteiger partial charge in [0.05, 0.1) is 0 Å². The van der Waals surface area contributed by atoms with Gasteiger partial charge in [-0.15, -0.1) is 6.92 Å². The van der Waals surface area contributed by atoms with Crippen LogP contribution in [0.2, 0.25) is 0 Å². The fraction of sp³-hybridized carbons (Fsp3) is 0.125. The standard InChI is InChI=1S/C8H6O.W.Y/c1-7-4-2-3-5-8(7)6-9;;/h2,4-5H,1H3;;/q-2;;. The van der Waals surface area contributed by atoms with Gasteiger partial charge in [0.2, 0.25) is 0 Å². The first-order valence-corrected chi connectivity index (χ1v) is 2.69. The van der Waals surface area contributed by atoms with Crippen molar-refractivity contribution >= 4 is 6.29 Å². The zero-order valence-electron chi connectivity index (χ0n) is 6.13.